The molecule has 0 spiro atoms. The number of ether oxygens (including phenoxy) is 1. The summed E-state index contributed by atoms with van der Waals surface area (Å²) in [6.45, 7) is 5.76. The van der Waals surface area contributed by atoms with Crippen LogP contribution >= 0.6 is 0 Å². The highest BCUT2D eigenvalue weighted by Crippen LogP contribution is 2.19. The summed E-state index contributed by atoms with van der Waals surface area (Å²) in [5, 5.41) is 42.0. The highest BCUT2D eigenvalue weighted by Gasteiger charge is 2.32. The van der Waals surface area contributed by atoms with E-state index in [2.05, 4.69) is 50.0 Å². The number of hydrogen-bond donors (Lipinski definition) is 4. The molecule has 0 rings (SSSR count). The Morgan fingerprint density at radius 3 is 1.48 bits per heavy atom. The molecule has 0 heterocycles. The maximum Gasteiger partial charge on any atom is 0.222 e. The lowest BCUT2D eigenvalue weighted by Crippen LogP contribution is -2.52. The molecular weight excluding hydrogens is 783 g/mol. The van der Waals surface area contributed by atoms with Crippen LogP contribution in [0.5, 0.6) is 0 Å². The summed E-state index contributed by atoms with van der Waals surface area (Å²) in [4.78, 5) is 14.5. The van der Waals surface area contributed by atoms with Gasteiger partial charge in [0.15, 0.2) is 0 Å². The zero-order valence-electron chi connectivity index (χ0n) is 41.5. The first-order chi connectivity index (χ1) is 30.8. The molecule has 1 amide bonds. The van der Waals surface area contributed by atoms with Gasteiger partial charge in [0, 0.05) is 20.6 Å². The molecule has 0 aliphatic rings. The van der Waals surface area contributed by atoms with Crippen molar-refractivity contribution in [3.05, 3.63) is 61.3 Å². The predicted octanol–water partition coefficient (Wildman–Crippen LogP) is 14.4. The number of hydrogen-bond acceptors (Lipinski definition) is 6. The fourth-order valence-electron chi connectivity index (χ4n) is 8.30. The van der Waals surface area contributed by atoms with Gasteiger partial charge in [-0.05, 0) is 122 Å². The quantitative estimate of drug-likeness (QED) is 0.0358. The van der Waals surface area contributed by atoms with E-state index in [1.807, 2.05) is 18.2 Å². The molecule has 0 radical (unpaired) electrons. The second-order valence-corrected chi connectivity index (χ2v) is 18.4. The highest BCUT2D eigenvalue weighted by atomic mass is 16.5. The lowest BCUT2D eigenvalue weighted by Gasteiger charge is -2.35. The van der Waals surface area contributed by atoms with Crippen molar-refractivity contribution in [3.8, 4) is 0 Å². The smallest absolute Gasteiger partial charge is 0.222 e. The molecule has 0 aromatic heterocycles. The summed E-state index contributed by atoms with van der Waals surface area (Å²) in [6.07, 6.45) is 57.0. The fourth-order valence-corrected chi connectivity index (χ4v) is 8.30. The SMILES string of the molecule is C=CCCCCCCC/C=C/CC/C=C/CCCC/C=C/CCCCC(O)C/C=C/CCC(O)CCCC(=O)N(C)C(CO)C(OC)C(O)CCCCCCCCCCCCCC. The molecule has 5 unspecified atom stereocenters. The summed E-state index contributed by atoms with van der Waals surface area (Å²) >= 11 is 0. The van der Waals surface area contributed by atoms with Gasteiger partial charge in [0.25, 0.3) is 0 Å². The maximum absolute atomic E-state index is 13.0. The minimum atomic E-state index is -0.752. The van der Waals surface area contributed by atoms with Crippen molar-refractivity contribution in [2.75, 3.05) is 20.8 Å². The Bertz CT molecular complexity index is 1100. The molecule has 368 valence electrons. The largest absolute Gasteiger partial charge is 0.394 e. The van der Waals surface area contributed by atoms with E-state index in [1.165, 1.54) is 134 Å². The molecule has 5 atom stereocenters. The number of methoxy groups -OCH3 is 1. The fraction of sp³-hybridized carbons (Fsp3) is 0.804. The van der Waals surface area contributed by atoms with Crippen molar-refractivity contribution < 1.29 is 30.0 Å². The standard InChI is InChI=1S/C56H103NO6/c1-5-7-9-11-13-15-17-19-20-21-22-23-24-25-26-27-28-29-30-32-34-36-39-44-51(59)45-40-38-41-46-52(60)47-43-49-55(62)57(3)53(50-58)56(63-4)54(61)48-42-37-35-33-31-18-16-14-12-10-8-6-2/h5,20-21,24-25,30,32,38,40,51-54,56,58-61H,1,6-19,22-23,26-29,31,33-37,39,41-50H2,2-4H3/b21-20+,25-24+,32-30+,40-38+. The number of carbonyl (C=O) groups excluding carboxylic acids is 1. The molecule has 0 bridgehead atoms. The van der Waals surface area contributed by atoms with Crippen LogP contribution in [0.15, 0.2) is 61.3 Å². The Balaban J connectivity index is 3.92. The number of rotatable bonds is 48. The Morgan fingerprint density at radius 2 is 0.952 bits per heavy atom. The van der Waals surface area contributed by atoms with Gasteiger partial charge in [-0.2, -0.15) is 0 Å². The van der Waals surface area contributed by atoms with Crippen molar-refractivity contribution in [3.63, 3.8) is 0 Å². The monoisotopic (exact) mass is 886 g/mol. The zero-order chi connectivity index (χ0) is 46.3. The normalized spacial score (nSPS) is 14.7. The minimum absolute atomic E-state index is 0.124. The van der Waals surface area contributed by atoms with Crippen LogP contribution in [0, 0.1) is 0 Å². The van der Waals surface area contributed by atoms with Crippen LogP contribution in [-0.4, -0.2) is 82.5 Å². The summed E-state index contributed by atoms with van der Waals surface area (Å²) in [5.74, 6) is -0.124. The second-order valence-electron chi connectivity index (χ2n) is 18.4. The summed E-state index contributed by atoms with van der Waals surface area (Å²) < 4.78 is 5.62. The number of nitrogens with zero attached hydrogens (tertiary/aromatic N) is 1. The van der Waals surface area contributed by atoms with Gasteiger partial charge in [-0.3, -0.25) is 4.79 Å². The Labute approximate surface area is 390 Å². The van der Waals surface area contributed by atoms with Crippen molar-refractivity contribution in [2.45, 2.75) is 269 Å². The molecule has 0 aliphatic carbocycles. The first kappa shape index (κ1) is 61.0. The van der Waals surface area contributed by atoms with Crippen LogP contribution in [-0.2, 0) is 9.53 Å². The van der Waals surface area contributed by atoms with E-state index in [-0.39, 0.29) is 25.0 Å². The third-order valence-electron chi connectivity index (χ3n) is 12.6. The van der Waals surface area contributed by atoms with Gasteiger partial charge in [-0.1, -0.05) is 164 Å². The first-order valence-corrected chi connectivity index (χ1v) is 26.5. The van der Waals surface area contributed by atoms with E-state index in [0.29, 0.717) is 32.1 Å². The van der Waals surface area contributed by atoms with Gasteiger partial charge in [0.05, 0.1) is 31.0 Å². The van der Waals surface area contributed by atoms with Gasteiger partial charge in [0.1, 0.15) is 6.10 Å². The molecule has 7 heteroatoms. The van der Waals surface area contributed by atoms with E-state index in [0.717, 1.165) is 70.6 Å². The number of allylic oxidation sites excluding steroid dienone is 8. The molecule has 0 saturated heterocycles. The van der Waals surface area contributed by atoms with Crippen molar-refractivity contribution in [1.29, 1.82) is 0 Å². The number of aliphatic hydroxyl groups excluding tert-OH is 4. The van der Waals surface area contributed by atoms with E-state index in [4.69, 9.17) is 4.74 Å². The molecule has 4 N–H and O–H groups in total. The molecule has 0 aromatic rings. The van der Waals surface area contributed by atoms with Crippen LogP contribution in [0.1, 0.15) is 238 Å². The first-order valence-electron chi connectivity index (χ1n) is 26.5. The third-order valence-corrected chi connectivity index (χ3v) is 12.6. The lowest BCUT2D eigenvalue weighted by atomic mass is 9.98. The van der Waals surface area contributed by atoms with Gasteiger partial charge in [0.2, 0.25) is 5.91 Å². The Morgan fingerprint density at radius 1 is 0.524 bits per heavy atom. The average molecular weight is 886 g/mol. The molecular formula is C56H103NO6. The van der Waals surface area contributed by atoms with E-state index in [1.54, 1.807) is 7.05 Å². The van der Waals surface area contributed by atoms with Crippen LogP contribution in [0.2, 0.25) is 0 Å². The van der Waals surface area contributed by atoms with Gasteiger partial charge >= 0.3 is 0 Å². The molecule has 7 nitrogen and oxygen atoms in total. The maximum atomic E-state index is 13.0. The number of carbonyl (C=O) groups is 1. The van der Waals surface area contributed by atoms with Crippen LogP contribution < -0.4 is 0 Å². The Kier molecular flexibility index (Phi) is 46.4. The molecule has 0 aliphatic heterocycles. The lowest BCUT2D eigenvalue weighted by molar-refractivity contribution is -0.140. The van der Waals surface area contributed by atoms with Crippen LogP contribution in [0.4, 0.5) is 0 Å². The molecule has 0 aromatic carbocycles. The van der Waals surface area contributed by atoms with Gasteiger partial charge in [-0.15, -0.1) is 6.58 Å². The molecule has 0 fully saturated rings. The van der Waals surface area contributed by atoms with Crippen LogP contribution in [0.3, 0.4) is 0 Å². The number of aliphatic hydroxyl groups is 4. The highest BCUT2D eigenvalue weighted by molar-refractivity contribution is 5.76. The summed E-state index contributed by atoms with van der Waals surface area (Å²) in [6, 6.07) is -0.624. The summed E-state index contributed by atoms with van der Waals surface area (Å²) in [5.41, 5.74) is 0. The van der Waals surface area contributed by atoms with Crippen molar-refractivity contribution in [1.82, 2.24) is 4.90 Å². The average Bonchev–Trinajstić information content (AvgIpc) is 3.28. The summed E-state index contributed by atoms with van der Waals surface area (Å²) in [7, 11) is 3.19. The predicted molar refractivity (Wildman–Crippen MR) is 271 cm³/mol. The van der Waals surface area contributed by atoms with E-state index >= 15 is 0 Å². The van der Waals surface area contributed by atoms with Gasteiger partial charge in [-0.25, -0.2) is 0 Å². The van der Waals surface area contributed by atoms with Gasteiger partial charge < -0.3 is 30.1 Å². The van der Waals surface area contributed by atoms with Crippen molar-refractivity contribution >= 4 is 5.91 Å². The minimum Gasteiger partial charge on any atom is -0.394 e. The topological polar surface area (TPSA) is 110 Å². The van der Waals surface area contributed by atoms with Crippen molar-refractivity contribution in [2.24, 2.45) is 0 Å². The Hall–Kier alpha value is -2.03. The third kappa shape index (κ3) is 40.0. The molecule has 63 heavy (non-hydrogen) atoms. The van der Waals surface area contributed by atoms with Crippen LogP contribution in [0.25, 0.3) is 0 Å². The number of likely N-dealkylation sites (N-methyl/N-ethyl adjacent to an activating group) is 1. The van der Waals surface area contributed by atoms with E-state index < -0.39 is 24.4 Å². The zero-order valence-corrected chi connectivity index (χ0v) is 41.5. The molecule has 0 saturated carbocycles. The van der Waals surface area contributed by atoms with E-state index in [9.17, 15) is 25.2 Å². The second kappa shape index (κ2) is 47.9. The number of unbranched alkanes of at least 4 members (excludes halogenated alkanes) is 23. The number of amides is 1.